The first-order valence-corrected chi connectivity index (χ1v) is 9.87. The highest BCUT2D eigenvalue weighted by atomic mass is 16.4. The second kappa shape index (κ2) is 11.1. The maximum atomic E-state index is 11.7. The number of hydrogen-bond donors (Lipinski definition) is 2. The third-order valence-electron chi connectivity index (χ3n) is 5.42. The first-order valence-electron chi connectivity index (χ1n) is 9.87. The van der Waals surface area contributed by atoms with E-state index in [1.807, 2.05) is 4.90 Å². The molecule has 1 heterocycles. The van der Waals surface area contributed by atoms with Crippen LogP contribution in [0.2, 0.25) is 0 Å². The average molecular weight is 343 g/mol. The lowest BCUT2D eigenvalue weighted by Gasteiger charge is -2.38. The maximum absolute atomic E-state index is 11.7. The number of unbranched alkanes of at least 4 members (excludes halogenated alkanes) is 9. The van der Waals surface area contributed by atoms with Crippen molar-refractivity contribution in [2.45, 2.75) is 96.9 Å². The molecular weight excluding hydrogens is 304 g/mol. The van der Waals surface area contributed by atoms with Gasteiger partial charge in [-0.3, -0.25) is 4.90 Å². The van der Waals surface area contributed by atoms with Crippen LogP contribution in [-0.4, -0.2) is 57.5 Å². The second-order valence-electron chi connectivity index (χ2n) is 7.32. The Bertz CT molecular complexity index is 363. The summed E-state index contributed by atoms with van der Waals surface area (Å²) in [6.07, 6.45) is 12.1. The fraction of sp³-hybridized carbons (Fsp3) is 0.947. The molecule has 2 unspecified atom stereocenters. The van der Waals surface area contributed by atoms with Gasteiger partial charge in [-0.1, -0.05) is 64.7 Å². The van der Waals surface area contributed by atoms with Crippen LogP contribution in [0.5, 0.6) is 0 Å². The minimum absolute atomic E-state index is 0.609. The summed E-state index contributed by atoms with van der Waals surface area (Å²) in [5.41, 5.74) is -1.08. The van der Waals surface area contributed by atoms with Crippen molar-refractivity contribution in [3.05, 3.63) is 0 Å². The Hall–Kier alpha value is -0.650. The number of carboxylic acid groups (broad SMARTS) is 1. The number of aliphatic hydroxyl groups is 1. The van der Waals surface area contributed by atoms with Crippen LogP contribution in [0.15, 0.2) is 0 Å². The van der Waals surface area contributed by atoms with Gasteiger partial charge in [-0.15, -0.1) is 0 Å². The molecule has 0 radical (unpaired) electrons. The van der Waals surface area contributed by atoms with Crippen LogP contribution >= 0.6 is 0 Å². The largest absolute Gasteiger partial charge is 0.479 e. The molecule has 1 aliphatic heterocycles. The van der Waals surface area contributed by atoms with E-state index in [2.05, 4.69) is 6.92 Å². The van der Waals surface area contributed by atoms with E-state index >= 15 is 0 Å². The molecule has 1 aliphatic rings. The van der Waals surface area contributed by atoms with E-state index in [0.29, 0.717) is 13.1 Å². The van der Waals surface area contributed by atoms with Crippen molar-refractivity contribution in [2.24, 2.45) is 0 Å². The summed E-state index contributed by atoms with van der Waals surface area (Å²) >= 11 is 0. The lowest BCUT2D eigenvalue weighted by atomic mass is 10.1. The van der Waals surface area contributed by atoms with Crippen LogP contribution in [-0.2, 0) is 4.79 Å². The zero-order valence-electron chi connectivity index (χ0n) is 16.0. The molecule has 5 heteroatoms. The normalized spacial score (nSPS) is 23.7. The van der Waals surface area contributed by atoms with Gasteiger partial charge >= 0.3 is 5.97 Å². The Labute approximate surface area is 148 Å². The maximum Gasteiger partial charge on any atom is 0.339 e. The Kier molecular flexibility index (Phi) is 9.86. The molecule has 0 aliphatic carbocycles. The van der Waals surface area contributed by atoms with Gasteiger partial charge in [0.05, 0.1) is 0 Å². The van der Waals surface area contributed by atoms with Gasteiger partial charge in [0.15, 0.2) is 5.66 Å². The van der Waals surface area contributed by atoms with Crippen LogP contribution in [0.4, 0.5) is 0 Å². The van der Waals surface area contributed by atoms with Crippen LogP contribution < -0.4 is 0 Å². The fourth-order valence-corrected chi connectivity index (χ4v) is 3.77. The Morgan fingerprint density at radius 2 is 1.50 bits per heavy atom. The van der Waals surface area contributed by atoms with Gasteiger partial charge in [-0.25, -0.2) is 9.69 Å². The Balaban J connectivity index is 2.19. The molecule has 0 bridgehead atoms. The summed E-state index contributed by atoms with van der Waals surface area (Å²) in [5.74, 6) is -0.868. The first kappa shape index (κ1) is 21.4. The van der Waals surface area contributed by atoms with Gasteiger partial charge in [-0.05, 0) is 20.3 Å². The van der Waals surface area contributed by atoms with Crippen molar-refractivity contribution >= 4 is 5.97 Å². The van der Waals surface area contributed by atoms with Crippen LogP contribution in [0, 0.1) is 0 Å². The molecule has 24 heavy (non-hydrogen) atoms. The standard InChI is InChI=1S/C19H38N2O3/c1-4-5-6-7-8-9-10-11-12-13-14-20-15-16-21(17(2)22)19(20,3)18(23)24/h17,22H,4-16H2,1-3H3,(H,23,24). The molecule has 0 aromatic rings. The molecule has 1 saturated heterocycles. The van der Waals surface area contributed by atoms with Crippen molar-refractivity contribution in [3.8, 4) is 0 Å². The molecule has 142 valence electrons. The van der Waals surface area contributed by atoms with Crippen LogP contribution in [0.3, 0.4) is 0 Å². The highest BCUT2D eigenvalue weighted by Crippen LogP contribution is 2.29. The van der Waals surface area contributed by atoms with Gasteiger partial charge in [0.25, 0.3) is 0 Å². The van der Waals surface area contributed by atoms with E-state index in [1.165, 1.54) is 51.4 Å². The first-order chi connectivity index (χ1) is 11.4. The predicted octanol–water partition coefficient (Wildman–Crippen LogP) is 3.66. The van der Waals surface area contributed by atoms with Crippen LogP contribution in [0.1, 0.15) is 85.0 Å². The van der Waals surface area contributed by atoms with Gasteiger partial charge in [-0.2, -0.15) is 0 Å². The summed E-state index contributed by atoms with van der Waals surface area (Å²) in [4.78, 5) is 15.4. The number of rotatable bonds is 13. The molecule has 5 nitrogen and oxygen atoms in total. The van der Waals surface area contributed by atoms with E-state index < -0.39 is 17.9 Å². The van der Waals surface area contributed by atoms with Gasteiger partial charge in [0.1, 0.15) is 6.23 Å². The van der Waals surface area contributed by atoms with E-state index in [0.717, 1.165) is 19.4 Å². The lowest BCUT2D eigenvalue weighted by molar-refractivity contribution is -0.166. The fourth-order valence-electron chi connectivity index (χ4n) is 3.77. The highest BCUT2D eigenvalue weighted by molar-refractivity contribution is 5.78. The van der Waals surface area contributed by atoms with Gasteiger partial charge < -0.3 is 10.2 Å². The van der Waals surface area contributed by atoms with E-state index in [4.69, 9.17) is 0 Å². The van der Waals surface area contributed by atoms with Gasteiger partial charge in [0, 0.05) is 19.6 Å². The number of hydrogen-bond acceptors (Lipinski definition) is 4. The van der Waals surface area contributed by atoms with E-state index in [-0.39, 0.29) is 0 Å². The number of aliphatic hydroxyl groups excluding tert-OH is 1. The summed E-state index contributed by atoms with van der Waals surface area (Å²) < 4.78 is 0. The molecule has 0 aromatic carbocycles. The Morgan fingerprint density at radius 1 is 1.00 bits per heavy atom. The van der Waals surface area contributed by atoms with E-state index in [1.54, 1.807) is 18.7 Å². The number of nitrogens with zero attached hydrogens (tertiary/aromatic N) is 2. The third kappa shape index (κ3) is 6.01. The Morgan fingerprint density at radius 3 is 1.96 bits per heavy atom. The molecule has 0 spiro atoms. The number of carbonyl (C=O) groups is 1. The zero-order valence-corrected chi connectivity index (χ0v) is 16.0. The third-order valence-corrected chi connectivity index (χ3v) is 5.42. The number of carboxylic acids is 1. The summed E-state index contributed by atoms with van der Waals surface area (Å²) in [6.45, 7) is 7.72. The molecule has 2 atom stereocenters. The van der Waals surface area contributed by atoms with Crippen LogP contribution in [0.25, 0.3) is 0 Å². The lowest BCUT2D eigenvalue weighted by Crippen LogP contribution is -2.59. The van der Waals surface area contributed by atoms with Gasteiger partial charge in [0.2, 0.25) is 0 Å². The quantitative estimate of drug-likeness (QED) is 0.500. The van der Waals surface area contributed by atoms with Crippen molar-refractivity contribution in [3.63, 3.8) is 0 Å². The second-order valence-corrected chi connectivity index (χ2v) is 7.32. The molecule has 1 fully saturated rings. The summed E-state index contributed by atoms with van der Waals surface area (Å²) in [6, 6.07) is 0. The summed E-state index contributed by atoms with van der Waals surface area (Å²) in [5, 5.41) is 19.5. The highest BCUT2D eigenvalue weighted by Gasteiger charge is 2.50. The molecule has 0 amide bonds. The van der Waals surface area contributed by atoms with Crippen molar-refractivity contribution in [1.82, 2.24) is 9.80 Å². The monoisotopic (exact) mass is 342 g/mol. The molecule has 1 rings (SSSR count). The topological polar surface area (TPSA) is 64.0 Å². The zero-order chi connectivity index (χ0) is 18.0. The predicted molar refractivity (Wildman–Crippen MR) is 97.8 cm³/mol. The molecule has 0 aromatic heterocycles. The molecule has 2 N–H and O–H groups in total. The van der Waals surface area contributed by atoms with E-state index in [9.17, 15) is 15.0 Å². The van der Waals surface area contributed by atoms with Crippen molar-refractivity contribution < 1.29 is 15.0 Å². The smallest absolute Gasteiger partial charge is 0.339 e. The molecule has 0 saturated carbocycles. The SMILES string of the molecule is CCCCCCCCCCCCN1CCN(C(C)O)C1(C)C(=O)O. The van der Waals surface area contributed by atoms with Crippen molar-refractivity contribution in [1.29, 1.82) is 0 Å². The molecular formula is C19H38N2O3. The minimum Gasteiger partial charge on any atom is -0.479 e. The summed E-state index contributed by atoms with van der Waals surface area (Å²) in [7, 11) is 0. The number of aliphatic carboxylic acids is 1. The van der Waals surface area contributed by atoms with Crippen molar-refractivity contribution in [2.75, 3.05) is 19.6 Å². The minimum atomic E-state index is -1.08. The average Bonchev–Trinajstić information content (AvgIpc) is 2.87.